The van der Waals surface area contributed by atoms with Crippen molar-refractivity contribution < 1.29 is 15.3 Å². The molecule has 6 heteroatoms. The number of benzene rings is 3. The molecule has 158 valence electrons. The molecule has 0 saturated carbocycles. The monoisotopic (exact) mass is 530 g/mol. The normalized spacial score (nSPS) is 10.3. The van der Waals surface area contributed by atoms with E-state index in [9.17, 15) is 15.3 Å². The van der Waals surface area contributed by atoms with Gasteiger partial charge in [-0.1, -0.05) is 29.7 Å². The van der Waals surface area contributed by atoms with Crippen LogP contribution in [0.25, 0.3) is 0 Å². The van der Waals surface area contributed by atoms with Crippen LogP contribution in [-0.2, 0) is 6.61 Å². The van der Waals surface area contributed by atoms with Gasteiger partial charge in [0.15, 0.2) is 0 Å². The van der Waals surface area contributed by atoms with Crippen molar-refractivity contribution in [3.63, 3.8) is 0 Å². The Morgan fingerprint density at radius 2 is 1.44 bits per heavy atom. The van der Waals surface area contributed by atoms with Gasteiger partial charge in [0.05, 0.1) is 12.3 Å². The van der Waals surface area contributed by atoms with Crippen LogP contribution in [0.4, 0.5) is 5.69 Å². The molecule has 0 aliphatic carbocycles. The van der Waals surface area contributed by atoms with Crippen LogP contribution in [0.2, 0.25) is 0 Å². The molecule has 0 atom stereocenters. The van der Waals surface area contributed by atoms with Gasteiger partial charge in [-0.15, -0.1) is 0 Å². The summed E-state index contributed by atoms with van der Waals surface area (Å²) in [5.74, 6) is -0.513. The second-order valence-corrected chi connectivity index (χ2v) is 10.9. The van der Waals surface area contributed by atoms with Crippen molar-refractivity contribution in [1.82, 2.24) is 4.98 Å². The van der Waals surface area contributed by atoms with Crippen LogP contribution in [-0.4, -0.2) is 37.4 Å². The molecule has 4 aromatic rings. The fourth-order valence-electron chi connectivity index (χ4n) is 2.82. The Hall–Kier alpha value is -3.16. The Morgan fingerprint density at radius 3 is 2.00 bits per heavy atom. The molecule has 0 unspecified atom stereocenters. The van der Waals surface area contributed by atoms with Crippen molar-refractivity contribution in [3.05, 3.63) is 108 Å². The zero-order valence-corrected chi connectivity index (χ0v) is 20.5. The summed E-state index contributed by atoms with van der Waals surface area (Å²) in [7, 11) is 0. The zero-order chi connectivity index (χ0) is 22.8. The van der Waals surface area contributed by atoms with Crippen molar-refractivity contribution in [2.45, 2.75) is 13.5 Å². The minimum atomic E-state index is -0.517. The molecule has 0 amide bonds. The first-order valence-corrected chi connectivity index (χ1v) is 12.9. The van der Waals surface area contributed by atoms with Crippen LogP contribution < -0.4 is 17.4 Å². The molecule has 0 saturated heterocycles. The van der Waals surface area contributed by atoms with Gasteiger partial charge in [-0.05, 0) is 18.6 Å². The summed E-state index contributed by atoms with van der Waals surface area (Å²) in [4.78, 5) is 7.90. The van der Waals surface area contributed by atoms with E-state index in [1.165, 1.54) is 25.6 Å². The predicted molar refractivity (Wildman–Crippen MR) is 125 cm³/mol. The Bertz CT molecular complexity index is 1130. The Labute approximate surface area is 198 Å². The molecule has 0 bridgehead atoms. The molecular formula is C26H22N2O3Sn. The third kappa shape index (κ3) is 6.67. The average molecular weight is 529 g/mol. The first kappa shape index (κ1) is 23.5. The average Bonchev–Trinajstić information content (AvgIpc) is 2.83. The second-order valence-electron chi connectivity index (χ2n) is 6.85. The van der Waals surface area contributed by atoms with E-state index in [4.69, 9.17) is 0 Å². The molecular weight excluding hydrogens is 507 g/mol. The van der Waals surface area contributed by atoms with E-state index in [1.54, 1.807) is 25.1 Å². The molecule has 3 aromatic carbocycles. The van der Waals surface area contributed by atoms with Crippen LogP contribution in [0, 0.1) is 6.92 Å². The van der Waals surface area contributed by atoms with Gasteiger partial charge in [-0.2, -0.15) is 0 Å². The van der Waals surface area contributed by atoms with Crippen molar-refractivity contribution >= 4 is 40.2 Å². The van der Waals surface area contributed by atoms with Crippen LogP contribution in [0.5, 0.6) is 11.5 Å². The maximum absolute atomic E-state index is 11.9. The summed E-state index contributed by atoms with van der Waals surface area (Å²) in [6, 6.07) is 27.9. The molecule has 32 heavy (non-hydrogen) atoms. The Balaban J connectivity index is 0.000000193. The van der Waals surface area contributed by atoms with E-state index in [1.807, 2.05) is 0 Å². The van der Waals surface area contributed by atoms with E-state index in [-0.39, 0.29) is 29.4 Å². The molecule has 5 nitrogen and oxygen atoms in total. The Morgan fingerprint density at radius 1 is 0.875 bits per heavy atom. The third-order valence-corrected chi connectivity index (χ3v) is 8.09. The summed E-state index contributed by atoms with van der Waals surface area (Å²) in [6.45, 7) is 1.28. The summed E-state index contributed by atoms with van der Waals surface area (Å²) >= 11 is -0.517. The van der Waals surface area contributed by atoms with Gasteiger partial charge in [0, 0.05) is 23.7 Å². The number of aryl methyl sites for hydroxylation is 1. The number of pyridine rings is 1. The van der Waals surface area contributed by atoms with Gasteiger partial charge in [-0.25, -0.2) is 0 Å². The molecule has 4 rings (SSSR count). The number of aliphatic hydroxyl groups is 1. The number of aromatic nitrogens is 1. The molecule has 0 aliphatic rings. The quantitative estimate of drug-likeness (QED) is 0.317. The molecule has 1 heterocycles. The minimum absolute atomic E-state index is 0.220. The topological polar surface area (TPSA) is 91.6 Å². The van der Waals surface area contributed by atoms with E-state index in [0.717, 1.165) is 0 Å². The number of para-hydroxylation sites is 2. The zero-order valence-electron chi connectivity index (χ0n) is 17.6. The molecule has 0 fully saturated rings. The van der Waals surface area contributed by atoms with Crippen LogP contribution in [0.3, 0.4) is 0 Å². The molecule has 1 aromatic heterocycles. The summed E-state index contributed by atoms with van der Waals surface area (Å²) in [6.07, 6.45) is 2.74. The van der Waals surface area contributed by atoms with Gasteiger partial charge in [0.25, 0.3) is 0 Å². The first-order chi connectivity index (χ1) is 15.6. The summed E-state index contributed by atoms with van der Waals surface area (Å²) in [5, 5.41) is 32.6. The van der Waals surface area contributed by atoms with Gasteiger partial charge in [0.1, 0.15) is 0 Å². The SMILES string of the molecule is Cc1ncc(CO)c(C=Nc2ccccc2[O-])c1[O-].c1cc[c]([Sn+2][c]2ccccc2)cc1. The third-order valence-electron chi connectivity index (χ3n) is 4.54. The standard InChI is InChI=1S/C14H14N2O3.2C6H5.Sn/c1-9-14(19)11(10(8-17)6-15-9)7-16-12-4-2-3-5-13(12)18;2*1-2-4-6-5-3-1;/h2-7,17-19H,8H2,1H3;2*1-5H;/q;;;+2/p-2. The van der Waals surface area contributed by atoms with E-state index in [2.05, 4.69) is 70.6 Å². The van der Waals surface area contributed by atoms with Gasteiger partial charge >= 0.3 is 89.0 Å². The van der Waals surface area contributed by atoms with Gasteiger partial charge in [0.2, 0.25) is 0 Å². The molecule has 0 radical (unpaired) electrons. The molecule has 0 spiro atoms. The van der Waals surface area contributed by atoms with Crippen molar-refractivity contribution in [2.24, 2.45) is 4.99 Å². The maximum atomic E-state index is 11.9. The molecule has 0 aliphatic heterocycles. The van der Waals surface area contributed by atoms with Crippen LogP contribution in [0.15, 0.2) is 96.1 Å². The Kier molecular flexibility index (Phi) is 8.83. The number of aliphatic imine (C=N–C) groups is 1. The van der Waals surface area contributed by atoms with Gasteiger partial charge in [-0.3, -0.25) is 9.98 Å². The summed E-state index contributed by atoms with van der Waals surface area (Å²) in [5.41, 5.74) is 1.23. The van der Waals surface area contributed by atoms with Crippen LogP contribution in [0.1, 0.15) is 16.8 Å². The van der Waals surface area contributed by atoms with E-state index < -0.39 is 21.1 Å². The second kappa shape index (κ2) is 12.0. The fraction of sp³-hybridized carbons (Fsp3) is 0.0769. The number of hydrogen-bond donors (Lipinski definition) is 1. The van der Waals surface area contributed by atoms with E-state index >= 15 is 0 Å². The van der Waals surface area contributed by atoms with Crippen molar-refractivity contribution in [3.8, 4) is 11.5 Å². The van der Waals surface area contributed by atoms with Crippen molar-refractivity contribution in [2.75, 3.05) is 0 Å². The number of hydrogen-bond acceptors (Lipinski definition) is 5. The number of nitrogens with zero attached hydrogens (tertiary/aromatic N) is 2. The van der Waals surface area contributed by atoms with Crippen LogP contribution >= 0.6 is 0 Å². The number of aliphatic hydroxyl groups excluding tert-OH is 1. The first-order valence-electron chi connectivity index (χ1n) is 10.0. The predicted octanol–water partition coefficient (Wildman–Crippen LogP) is 2.12. The van der Waals surface area contributed by atoms with Crippen molar-refractivity contribution in [1.29, 1.82) is 0 Å². The number of rotatable bonds is 5. The van der Waals surface area contributed by atoms with E-state index in [0.29, 0.717) is 11.3 Å². The molecule has 1 N–H and O–H groups in total. The van der Waals surface area contributed by atoms with Gasteiger partial charge < -0.3 is 15.3 Å². The summed E-state index contributed by atoms with van der Waals surface area (Å²) < 4.78 is 3.08. The fourth-order valence-corrected chi connectivity index (χ4v) is 5.82.